The zero-order valence-corrected chi connectivity index (χ0v) is 14.6. The highest BCUT2D eigenvalue weighted by Crippen LogP contribution is 2.47. The number of furan rings is 1. The number of ketones is 1. The van der Waals surface area contributed by atoms with Gasteiger partial charge in [0.25, 0.3) is 5.56 Å². The van der Waals surface area contributed by atoms with E-state index in [1.54, 1.807) is 12.1 Å². The van der Waals surface area contributed by atoms with Crippen molar-refractivity contribution in [1.29, 1.82) is 5.26 Å². The van der Waals surface area contributed by atoms with Crippen molar-refractivity contribution in [2.75, 3.05) is 5.73 Å². The van der Waals surface area contributed by atoms with Crippen LogP contribution in [0.2, 0.25) is 0 Å². The van der Waals surface area contributed by atoms with Gasteiger partial charge in [0.2, 0.25) is 5.78 Å². The predicted molar refractivity (Wildman–Crippen MR) is 94.5 cm³/mol. The van der Waals surface area contributed by atoms with Crippen LogP contribution in [0, 0.1) is 17.2 Å². The van der Waals surface area contributed by atoms with Crippen molar-refractivity contribution >= 4 is 17.7 Å². The molecule has 2 N–H and O–H groups in total. The lowest BCUT2D eigenvalue weighted by molar-refractivity contribution is 0.103. The van der Waals surface area contributed by atoms with Crippen molar-refractivity contribution in [2.45, 2.75) is 19.3 Å². The van der Waals surface area contributed by atoms with Gasteiger partial charge in [-0.1, -0.05) is 6.92 Å². The number of carbonyl (C=O) groups excluding carboxylic acids is 1. The van der Waals surface area contributed by atoms with Gasteiger partial charge in [0.05, 0.1) is 0 Å². The lowest BCUT2D eigenvalue weighted by Crippen LogP contribution is -2.41. The Bertz CT molecular complexity index is 1090. The van der Waals surface area contributed by atoms with E-state index in [0.29, 0.717) is 17.6 Å². The number of nitriles is 1. The molecule has 0 spiro atoms. The molecule has 1 saturated carbocycles. The summed E-state index contributed by atoms with van der Waals surface area (Å²) in [7, 11) is 2.59. The summed E-state index contributed by atoms with van der Waals surface area (Å²) in [6.45, 7) is 2.12. The van der Waals surface area contributed by atoms with Crippen LogP contribution in [-0.2, 0) is 14.1 Å². The van der Waals surface area contributed by atoms with Crippen LogP contribution in [0.15, 0.2) is 31.7 Å². The Morgan fingerprint density at radius 1 is 1.35 bits per heavy atom. The van der Waals surface area contributed by atoms with E-state index < -0.39 is 22.6 Å². The summed E-state index contributed by atoms with van der Waals surface area (Å²) in [4.78, 5) is 36.9. The van der Waals surface area contributed by atoms with Gasteiger partial charge in [0.15, 0.2) is 0 Å². The highest BCUT2D eigenvalue weighted by atomic mass is 16.3. The molecule has 2 atom stereocenters. The fourth-order valence-corrected chi connectivity index (χ4v) is 2.86. The van der Waals surface area contributed by atoms with Gasteiger partial charge in [-0.15, -0.1) is 0 Å². The minimum atomic E-state index is -0.848. The molecule has 0 amide bonds. The molecule has 1 aliphatic carbocycles. The van der Waals surface area contributed by atoms with Gasteiger partial charge in [-0.3, -0.25) is 18.7 Å². The number of aromatic nitrogens is 2. The Morgan fingerprint density at radius 3 is 2.58 bits per heavy atom. The number of allylic oxidation sites excluding steroid dienone is 1. The Morgan fingerprint density at radius 2 is 2.00 bits per heavy atom. The molecule has 8 nitrogen and oxygen atoms in total. The van der Waals surface area contributed by atoms with Crippen LogP contribution in [0.3, 0.4) is 0 Å². The van der Waals surface area contributed by atoms with Crippen LogP contribution in [0.25, 0.3) is 6.08 Å². The van der Waals surface area contributed by atoms with E-state index in [4.69, 9.17) is 10.2 Å². The summed E-state index contributed by atoms with van der Waals surface area (Å²) < 4.78 is 7.44. The predicted octanol–water partition coefficient (Wildman–Crippen LogP) is 1.17. The smallest absolute Gasteiger partial charge is 0.332 e. The van der Waals surface area contributed by atoms with Crippen molar-refractivity contribution in [2.24, 2.45) is 20.0 Å². The molecule has 3 rings (SSSR count). The molecular formula is C18H18N4O4. The summed E-state index contributed by atoms with van der Waals surface area (Å²) in [5, 5.41) is 9.37. The summed E-state index contributed by atoms with van der Waals surface area (Å²) >= 11 is 0. The average molecular weight is 354 g/mol. The topological polar surface area (TPSA) is 124 Å². The second kappa shape index (κ2) is 6.19. The minimum absolute atomic E-state index is 0.281. The van der Waals surface area contributed by atoms with E-state index in [1.807, 2.05) is 6.07 Å². The van der Waals surface area contributed by atoms with Crippen LogP contribution in [0.5, 0.6) is 0 Å². The third kappa shape index (κ3) is 2.77. The van der Waals surface area contributed by atoms with Crippen molar-refractivity contribution in [3.8, 4) is 6.07 Å². The molecule has 1 aliphatic rings. The molecule has 0 aliphatic heterocycles. The molecule has 0 radical (unpaired) electrons. The van der Waals surface area contributed by atoms with Crippen LogP contribution in [0.4, 0.5) is 5.82 Å². The maximum Gasteiger partial charge on any atom is 0.332 e. The molecule has 0 bridgehead atoms. The third-order valence-corrected chi connectivity index (χ3v) is 4.71. The van der Waals surface area contributed by atoms with E-state index in [9.17, 15) is 19.6 Å². The first-order chi connectivity index (χ1) is 12.3. The Labute approximate surface area is 148 Å². The van der Waals surface area contributed by atoms with Gasteiger partial charge in [-0.25, -0.2) is 4.79 Å². The zero-order chi connectivity index (χ0) is 19.2. The van der Waals surface area contributed by atoms with E-state index in [1.165, 1.54) is 20.2 Å². The lowest BCUT2D eigenvalue weighted by Gasteiger charge is -2.10. The number of rotatable bonds is 4. The third-order valence-electron chi connectivity index (χ3n) is 4.71. The van der Waals surface area contributed by atoms with Gasteiger partial charge in [0, 0.05) is 26.1 Å². The molecule has 2 heterocycles. The minimum Gasteiger partial charge on any atom is -0.461 e. The first-order valence-corrected chi connectivity index (χ1v) is 8.08. The number of hydrogen-bond acceptors (Lipinski definition) is 6. The number of nitrogens with zero attached hydrogens (tertiary/aromatic N) is 3. The van der Waals surface area contributed by atoms with E-state index in [-0.39, 0.29) is 11.4 Å². The lowest BCUT2D eigenvalue weighted by atomic mass is 10.1. The summed E-state index contributed by atoms with van der Waals surface area (Å²) in [6, 6.07) is 5.27. The molecule has 134 valence electrons. The highest BCUT2D eigenvalue weighted by molar-refractivity contribution is 6.15. The highest BCUT2D eigenvalue weighted by Gasteiger charge is 2.36. The average Bonchev–Trinajstić information content (AvgIpc) is 3.17. The molecule has 2 aromatic heterocycles. The van der Waals surface area contributed by atoms with Gasteiger partial charge in [-0.05, 0) is 24.5 Å². The number of hydrogen-bond donors (Lipinski definition) is 1. The molecule has 1 fully saturated rings. The number of nitrogen functional groups attached to an aromatic ring is 1. The van der Waals surface area contributed by atoms with Crippen LogP contribution in [0.1, 0.15) is 41.1 Å². The van der Waals surface area contributed by atoms with Gasteiger partial charge < -0.3 is 10.2 Å². The van der Waals surface area contributed by atoms with Crippen LogP contribution in [-0.4, -0.2) is 14.9 Å². The first kappa shape index (κ1) is 17.5. The standard InChI is InChI=1S/C18H18N4O4/c1-9-6-12(9)13-5-4-11(26-13)7-10(8-19)15(23)14-16(20)21(2)18(25)22(3)17(14)24/h4-5,7,9,12H,6,20H2,1-3H3/b10-7+/t9-,12-/m1/s1. The first-order valence-electron chi connectivity index (χ1n) is 8.08. The second-order valence-electron chi connectivity index (χ2n) is 6.52. The van der Waals surface area contributed by atoms with Crippen molar-refractivity contribution in [3.05, 3.63) is 55.6 Å². The Kier molecular flexibility index (Phi) is 4.16. The normalized spacial score (nSPS) is 19.2. The molecular weight excluding hydrogens is 336 g/mol. The van der Waals surface area contributed by atoms with E-state index >= 15 is 0 Å². The molecule has 0 unspecified atom stereocenters. The number of nitrogens with two attached hydrogens (primary N) is 1. The molecule has 0 saturated heterocycles. The molecule has 0 aromatic carbocycles. The summed E-state index contributed by atoms with van der Waals surface area (Å²) in [6.07, 6.45) is 2.33. The summed E-state index contributed by atoms with van der Waals surface area (Å²) in [5.74, 6) is 0.957. The van der Waals surface area contributed by atoms with Crippen molar-refractivity contribution < 1.29 is 9.21 Å². The summed E-state index contributed by atoms with van der Waals surface area (Å²) in [5.41, 5.74) is 3.57. The SMILES string of the molecule is C[C@@H]1C[C@H]1c1ccc(/C=C(\C#N)C(=O)c2c(N)n(C)c(=O)n(C)c2=O)o1. The van der Waals surface area contributed by atoms with Gasteiger partial charge >= 0.3 is 5.69 Å². The van der Waals surface area contributed by atoms with E-state index in [0.717, 1.165) is 21.3 Å². The molecule has 2 aromatic rings. The fourth-order valence-electron chi connectivity index (χ4n) is 2.86. The maximum atomic E-state index is 12.7. The second-order valence-corrected chi connectivity index (χ2v) is 6.52. The largest absolute Gasteiger partial charge is 0.461 e. The number of anilines is 1. The van der Waals surface area contributed by atoms with Crippen molar-refractivity contribution in [1.82, 2.24) is 9.13 Å². The van der Waals surface area contributed by atoms with Crippen molar-refractivity contribution in [3.63, 3.8) is 0 Å². The quantitative estimate of drug-likeness (QED) is 0.499. The fraction of sp³-hybridized carbons (Fsp3) is 0.333. The Balaban J connectivity index is 2.03. The van der Waals surface area contributed by atoms with Crippen LogP contribution >= 0.6 is 0 Å². The Hall–Kier alpha value is -3.34. The molecule has 26 heavy (non-hydrogen) atoms. The van der Waals surface area contributed by atoms with Crippen LogP contribution < -0.4 is 17.0 Å². The maximum absolute atomic E-state index is 12.7. The zero-order valence-electron chi connectivity index (χ0n) is 14.6. The van der Waals surface area contributed by atoms with Gasteiger partial charge in [-0.2, -0.15) is 5.26 Å². The molecule has 8 heteroatoms. The monoisotopic (exact) mass is 354 g/mol. The number of Topliss-reactive ketones (excluding diaryl/α,β-unsaturated/α-hetero) is 1. The van der Waals surface area contributed by atoms with E-state index in [2.05, 4.69) is 6.92 Å². The van der Waals surface area contributed by atoms with Gasteiger partial charge in [0.1, 0.15) is 34.5 Å². The number of carbonyl (C=O) groups is 1.